The molecule has 0 aromatic rings. The van der Waals surface area contributed by atoms with Crippen molar-refractivity contribution < 1.29 is 13.2 Å². The molecular weight excluding hydrogens is 270 g/mol. The van der Waals surface area contributed by atoms with Crippen LogP contribution in [0.1, 0.15) is 0 Å². The molecule has 0 unspecified atom stereocenters. The Morgan fingerprint density at radius 3 is 2.50 bits per heavy atom. The number of ether oxygens (including phenoxy) is 1. The van der Waals surface area contributed by atoms with Gasteiger partial charge in [-0.1, -0.05) is 0 Å². The fourth-order valence-corrected chi connectivity index (χ4v) is 3.87. The molecule has 1 fully saturated rings. The Hall–Kier alpha value is 0.780. The van der Waals surface area contributed by atoms with Crippen molar-refractivity contribution >= 4 is 44.6 Å². The number of halogens is 3. The lowest BCUT2D eigenvalue weighted by molar-refractivity contribution is 0.0757. The Labute approximate surface area is 98.6 Å². The van der Waals surface area contributed by atoms with E-state index < -0.39 is 21.3 Å². The van der Waals surface area contributed by atoms with Gasteiger partial charge >= 0.3 is 0 Å². The maximum atomic E-state index is 11.1. The van der Waals surface area contributed by atoms with E-state index >= 15 is 0 Å². The zero-order valence-corrected chi connectivity index (χ0v) is 10.4. The highest BCUT2D eigenvalue weighted by atomic mass is 35.5. The summed E-state index contributed by atoms with van der Waals surface area (Å²) in [5, 5.41) is -0.775. The van der Waals surface area contributed by atoms with Gasteiger partial charge in [-0.3, -0.25) is 0 Å². The molecule has 0 spiro atoms. The van der Waals surface area contributed by atoms with Crippen molar-refractivity contribution in [1.82, 2.24) is 0 Å². The number of sulfone groups is 1. The van der Waals surface area contributed by atoms with Crippen molar-refractivity contribution in [3.8, 4) is 0 Å². The Bertz CT molecular complexity index is 280. The van der Waals surface area contributed by atoms with Crippen molar-refractivity contribution in [2.75, 3.05) is 24.0 Å². The standard InChI is InChI=1S/C7H11Cl3O3S/c8-1-5(9)2-13-7-4-14(11,12)3-6(7)10/h5-7H,1-4H2/t5-,6+,7+/m0/s1. The van der Waals surface area contributed by atoms with Crippen LogP contribution in [0.5, 0.6) is 0 Å². The van der Waals surface area contributed by atoms with Crippen LogP contribution in [0.4, 0.5) is 0 Å². The minimum Gasteiger partial charge on any atom is -0.374 e. The zero-order valence-electron chi connectivity index (χ0n) is 7.33. The topological polar surface area (TPSA) is 43.4 Å². The van der Waals surface area contributed by atoms with Crippen LogP contribution in [0, 0.1) is 0 Å². The number of rotatable bonds is 4. The van der Waals surface area contributed by atoms with E-state index in [0.717, 1.165) is 0 Å². The predicted octanol–water partition coefficient (Wildman–Crippen LogP) is 1.25. The third-order valence-corrected chi connectivity index (χ3v) is 5.03. The van der Waals surface area contributed by atoms with Crippen LogP contribution >= 0.6 is 34.8 Å². The molecule has 1 aliphatic heterocycles. The lowest BCUT2D eigenvalue weighted by atomic mass is 10.3. The van der Waals surface area contributed by atoms with Crippen molar-refractivity contribution in [3.63, 3.8) is 0 Å². The van der Waals surface area contributed by atoms with Gasteiger partial charge in [-0.15, -0.1) is 34.8 Å². The van der Waals surface area contributed by atoms with E-state index in [0.29, 0.717) is 0 Å². The summed E-state index contributed by atoms with van der Waals surface area (Å²) in [5.41, 5.74) is 0. The largest absolute Gasteiger partial charge is 0.374 e. The van der Waals surface area contributed by atoms with Crippen LogP contribution in [0.2, 0.25) is 0 Å². The first-order valence-electron chi connectivity index (χ1n) is 4.11. The first-order chi connectivity index (χ1) is 6.44. The van der Waals surface area contributed by atoms with E-state index in [9.17, 15) is 8.42 Å². The lowest BCUT2D eigenvalue weighted by Crippen LogP contribution is -2.26. The van der Waals surface area contributed by atoms with E-state index in [1.54, 1.807) is 0 Å². The molecule has 1 aliphatic rings. The van der Waals surface area contributed by atoms with Crippen LogP contribution in [0.3, 0.4) is 0 Å². The lowest BCUT2D eigenvalue weighted by Gasteiger charge is -2.14. The van der Waals surface area contributed by atoms with Gasteiger partial charge in [0.2, 0.25) is 0 Å². The van der Waals surface area contributed by atoms with Gasteiger partial charge in [-0.05, 0) is 0 Å². The van der Waals surface area contributed by atoms with Crippen molar-refractivity contribution in [3.05, 3.63) is 0 Å². The summed E-state index contributed by atoms with van der Waals surface area (Å²) in [7, 11) is -3.03. The summed E-state index contributed by atoms with van der Waals surface area (Å²) in [4.78, 5) is 0. The quantitative estimate of drug-likeness (QED) is 0.729. The third-order valence-electron chi connectivity index (χ3n) is 1.89. The normalized spacial score (nSPS) is 33.1. The molecule has 0 N–H and O–H groups in total. The van der Waals surface area contributed by atoms with Crippen molar-refractivity contribution in [2.24, 2.45) is 0 Å². The van der Waals surface area contributed by atoms with Gasteiger partial charge in [0.15, 0.2) is 9.84 Å². The fraction of sp³-hybridized carbons (Fsp3) is 1.00. The molecule has 7 heteroatoms. The molecule has 84 valence electrons. The highest BCUT2D eigenvalue weighted by Gasteiger charge is 2.37. The average Bonchev–Trinajstić information content (AvgIpc) is 2.35. The Balaban J connectivity index is 2.40. The fourth-order valence-electron chi connectivity index (χ4n) is 1.20. The summed E-state index contributed by atoms with van der Waals surface area (Å²) >= 11 is 17.0. The van der Waals surface area contributed by atoms with E-state index in [-0.39, 0.29) is 29.4 Å². The second-order valence-corrected chi connectivity index (χ2v) is 6.86. The molecule has 14 heavy (non-hydrogen) atoms. The van der Waals surface area contributed by atoms with E-state index in [1.807, 2.05) is 0 Å². The molecule has 1 rings (SSSR count). The van der Waals surface area contributed by atoms with Gasteiger partial charge in [0.25, 0.3) is 0 Å². The number of alkyl halides is 3. The summed E-state index contributed by atoms with van der Waals surface area (Å²) in [6.45, 7) is 0.231. The SMILES string of the molecule is O=S1(=O)C[C@@H](Cl)[C@H](OC[C@@H](Cl)CCl)C1. The molecule has 0 aliphatic carbocycles. The van der Waals surface area contributed by atoms with Gasteiger partial charge in [0, 0.05) is 5.88 Å². The van der Waals surface area contributed by atoms with Crippen LogP contribution in [-0.2, 0) is 14.6 Å². The Kier molecular flexibility index (Phi) is 4.78. The number of hydrogen-bond donors (Lipinski definition) is 0. The summed E-state index contributed by atoms with van der Waals surface area (Å²) in [5.74, 6) is 0.230. The minimum atomic E-state index is -3.03. The molecule has 3 atom stereocenters. The smallest absolute Gasteiger partial charge is 0.154 e. The first-order valence-corrected chi connectivity index (χ1v) is 7.33. The van der Waals surface area contributed by atoms with Gasteiger partial charge in [0.05, 0.1) is 35.0 Å². The number of hydrogen-bond acceptors (Lipinski definition) is 3. The van der Waals surface area contributed by atoms with Crippen molar-refractivity contribution in [2.45, 2.75) is 16.9 Å². The maximum Gasteiger partial charge on any atom is 0.154 e. The Morgan fingerprint density at radius 1 is 1.43 bits per heavy atom. The molecule has 0 aromatic heterocycles. The van der Waals surface area contributed by atoms with Gasteiger partial charge in [-0.2, -0.15) is 0 Å². The first kappa shape index (κ1) is 12.8. The highest BCUT2D eigenvalue weighted by Crippen LogP contribution is 2.21. The molecule has 0 radical (unpaired) electrons. The summed E-state index contributed by atoms with van der Waals surface area (Å²) in [6, 6.07) is 0. The average molecular weight is 282 g/mol. The van der Waals surface area contributed by atoms with Gasteiger partial charge in [-0.25, -0.2) is 8.42 Å². The summed E-state index contributed by atoms with van der Waals surface area (Å²) in [6.07, 6.45) is -0.453. The highest BCUT2D eigenvalue weighted by molar-refractivity contribution is 7.91. The molecule has 3 nitrogen and oxygen atoms in total. The van der Waals surface area contributed by atoms with Crippen LogP contribution in [-0.4, -0.2) is 49.3 Å². The van der Waals surface area contributed by atoms with E-state index in [1.165, 1.54) is 0 Å². The Morgan fingerprint density at radius 2 is 2.07 bits per heavy atom. The van der Waals surface area contributed by atoms with E-state index in [4.69, 9.17) is 39.5 Å². The summed E-state index contributed by atoms with van der Waals surface area (Å²) < 4.78 is 27.6. The zero-order chi connectivity index (χ0) is 10.8. The molecule has 0 amide bonds. The maximum absolute atomic E-state index is 11.1. The second kappa shape index (κ2) is 5.21. The van der Waals surface area contributed by atoms with Gasteiger partial charge in [0.1, 0.15) is 0 Å². The van der Waals surface area contributed by atoms with Crippen LogP contribution in [0.25, 0.3) is 0 Å². The second-order valence-electron chi connectivity index (χ2n) is 3.22. The third kappa shape index (κ3) is 3.74. The van der Waals surface area contributed by atoms with Crippen molar-refractivity contribution in [1.29, 1.82) is 0 Å². The monoisotopic (exact) mass is 280 g/mol. The molecule has 0 aromatic carbocycles. The van der Waals surface area contributed by atoms with Crippen LogP contribution in [0.15, 0.2) is 0 Å². The molecular formula is C7H11Cl3O3S. The van der Waals surface area contributed by atoms with Crippen LogP contribution < -0.4 is 0 Å². The molecule has 1 saturated heterocycles. The predicted molar refractivity (Wildman–Crippen MR) is 58.4 cm³/mol. The molecule has 0 saturated carbocycles. The minimum absolute atomic E-state index is 0.0208. The van der Waals surface area contributed by atoms with Gasteiger partial charge < -0.3 is 4.74 Å². The molecule has 1 heterocycles. The van der Waals surface area contributed by atoms with E-state index in [2.05, 4.69) is 0 Å². The molecule has 0 bridgehead atoms.